The molecule has 1 aliphatic heterocycles. The number of hydrogen-bond acceptors (Lipinski definition) is 3. The first-order chi connectivity index (χ1) is 13.6. The Hall–Kier alpha value is -3.06. The van der Waals surface area contributed by atoms with Gasteiger partial charge >= 0.3 is 5.13 Å². The molecule has 3 N–H and O–H groups in total. The van der Waals surface area contributed by atoms with Crippen LogP contribution >= 0.6 is 11.3 Å². The summed E-state index contributed by atoms with van der Waals surface area (Å²) in [5.41, 5.74) is 4.47. The van der Waals surface area contributed by atoms with Gasteiger partial charge in [-0.1, -0.05) is 29.0 Å². The van der Waals surface area contributed by atoms with Crippen molar-refractivity contribution in [3.05, 3.63) is 76.8 Å². The summed E-state index contributed by atoms with van der Waals surface area (Å²) in [5, 5.41) is 5.96. The van der Waals surface area contributed by atoms with Crippen LogP contribution in [-0.2, 0) is 0 Å². The van der Waals surface area contributed by atoms with Gasteiger partial charge < -0.3 is 5.32 Å². The summed E-state index contributed by atoms with van der Waals surface area (Å²) in [5.74, 6) is -1.04. The van der Waals surface area contributed by atoms with Crippen molar-refractivity contribution in [1.82, 2.24) is 0 Å². The molecule has 0 spiro atoms. The van der Waals surface area contributed by atoms with Crippen molar-refractivity contribution >= 4 is 33.6 Å². The molecule has 4 rings (SSSR count). The van der Waals surface area contributed by atoms with Gasteiger partial charge in [0.25, 0.3) is 5.91 Å². The number of rotatable bonds is 4. The maximum atomic E-state index is 13.7. The normalized spacial score (nSPS) is 14.3. The van der Waals surface area contributed by atoms with Crippen LogP contribution in [0.15, 0.2) is 59.9 Å². The van der Waals surface area contributed by atoms with E-state index in [1.807, 2.05) is 35.8 Å². The number of anilines is 2. The fourth-order valence-electron chi connectivity index (χ4n) is 3.32. The second-order valence-electron chi connectivity index (χ2n) is 6.74. The van der Waals surface area contributed by atoms with Crippen LogP contribution in [-0.4, -0.2) is 19.0 Å². The summed E-state index contributed by atoms with van der Waals surface area (Å²) < 4.78 is 13.7. The third-order valence-corrected chi connectivity index (χ3v) is 5.78. The van der Waals surface area contributed by atoms with Crippen LogP contribution in [0.5, 0.6) is 0 Å². The molecule has 7 heteroatoms. The number of nitrogens with one attached hydrogen (secondary N) is 3. The number of halogens is 1. The van der Waals surface area contributed by atoms with Gasteiger partial charge in [-0.25, -0.2) is 14.9 Å². The molecule has 0 saturated carbocycles. The molecule has 3 aromatic rings. The second kappa shape index (κ2) is 7.90. The number of pyridine rings is 1. The van der Waals surface area contributed by atoms with E-state index in [4.69, 9.17) is 0 Å². The number of aromatic nitrogens is 2. The molecule has 0 fully saturated rings. The van der Waals surface area contributed by atoms with E-state index in [0.717, 1.165) is 36.4 Å². The SMILES string of the molecule is CC1=C(c2ccc(NC(=O)c3cc[nH+]cc3F)cc2)CN(c2[nH+]ccs2)CC1. The van der Waals surface area contributed by atoms with Gasteiger partial charge in [0.2, 0.25) is 6.20 Å². The molecule has 142 valence electrons. The van der Waals surface area contributed by atoms with Crippen LogP contribution < -0.4 is 20.2 Å². The predicted octanol–water partition coefficient (Wildman–Crippen LogP) is 3.45. The quantitative estimate of drug-likeness (QED) is 0.734. The molecular weight excluding hydrogens is 375 g/mol. The molecule has 0 radical (unpaired) electrons. The molecule has 5 nitrogen and oxygen atoms in total. The van der Waals surface area contributed by atoms with Crippen molar-refractivity contribution in [2.45, 2.75) is 13.3 Å². The Kier molecular flexibility index (Phi) is 5.16. The van der Waals surface area contributed by atoms with Crippen LogP contribution in [0, 0.1) is 5.82 Å². The molecular formula is C21H21FN4OS+2. The molecule has 0 unspecified atom stereocenters. The number of amides is 1. The second-order valence-corrected chi connectivity index (χ2v) is 7.63. The van der Waals surface area contributed by atoms with Crippen molar-refractivity contribution in [3.8, 4) is 0 Å². The van der Waals surface area contributed by atoms with Gasteiger partial charge in [0, 0.05) is 23.6 Å². The van der Waals surface area contributed by atoms with Crippen LogP contribution in [0.25, 0.3) is 5.57 Å². The maximum Gasteiger partial charge on any atom is 0.333 e. The molecule has 0 aliphatic carbocycles. The number of hydrogen-bond donors (Lipinski definition) is 1. The first-order valence-corrected chi connectivity index (χ1v) is 9.96. The lowest BCUT2D eigenvalue weighted by molar-refractivity contribution is -0.380. The highest BCUT2D eigenvalue weighted by Gasteiger charge is 2.25. The van der Waals surface area contributed by atoms with Crippen LogP contribution in [0.1, 0.15) is 29.3 Å². The Labute approximate surface area is 166 Å². The number of carbonyl (C=O) groups excluding carboxylic acids is 1. The third kappa shape index (κ3) is 3.80. The zero-order valence-electron chi connectivity index (χ0n) is 15.5. The van der Waals surface area contributed by atoms with Gasteiger partial charge in [0.15, 0.2) is 12.0 Å². The van der Waals surface area contributed by atoms with Gasteiger partial charge in [0.1, 0.15) is 6.54 Å². The van der Waals surface area contributed by atoms with E-state index in [1.54, 1.807) is 11.3 Å². The summed E-state index contributed by atoms with van der Waals surface area (Å²) >= 11 is 1.70. The van der Waals surface area contributed by atoms with E-state index >= 15 is 0 Å². The Morgan fingerprint density at radius 3 is 2.75 bits per heavy atom. The molecule has 0 atom stereocenters. The molecule has 28 heavy (non-hydrogen) atoms. The smallest absolute Gasteiger partial charge is 0.322 e. The van der Waals surface area contributed by atoms with Crippen LogP contribution in [0.2, 0.25) is 0 Å². The van der Waals surface area contributed by atoms with Crippen molar-refractivity contribution < 1.29 is 19.2 Å². The number of carbonyl (C=O) groups is 1. The topological polar surface area (TPSA) is 60.6 Å². The minimum atomic E-state index is -0.579. The van der Waals surface area contributed by atoms with Gasteiger partial charge in [-0.15, -0.1) is 0 Å². The summed E-state index contributed by atoms with van der Waals surface area (Å²) in [6, 6.07) is 9.15. The van der Waals surface area contributed by atoms with Gasteiger partial charge in [-0.3, -0.25) is 4.79 Å². The largest absolute Gasteiger partial charge is 0.333 e. The van der Waals surface area contributed by atoms with E-state index in [0.29, 0.717) is 5.69 Å². The molecule has 3 heterocycles. The Balaban J connectivity index is 1.50. The highest BCUT2D eigenvalue weighted by Crippen LogP contribution is 2.30. The monoisotopic (exact) mass is 396 g/mol. The molecule has 2 aromatic heterocycles. The number of benzene rings is 1. The van der Waals surface area contributed by atoms with Crippen molar-refractivity contribution in [2.75, 3.05) is 23.3 Å². The third-order valence-electron chi connectivity index (χ3n) is 4.91. The van der Waals surface area contributed by atoms with Gasteiger partial charge in [-0.2, -0.15) is 4.39 Å². The number of thiazole rings is 1. The van der Waals surface area contributed by atoms with E-state index in [9.17, 15) is 9.18 Å². The van der Waals surface area contributed by atoms with E-state index < -0.39 is 11.7 Å². The number of aromatic amines is 2. The average Bonchev–Trinajstić information content (AvgIpc) is 3.24. The van der Waals surface area contributed by atoms with Crippen LogP contribution in [0.4, 0.5) is 15.2 Å². The molecule has 1 amide bonds. The standard InChI is InChI=1S/C21H19FN4OS/c1-14-7-10-26(21-24-9-11-28-21)13-18(14)15-2-4-16(5-3-15)25-20(27)17-6-8-23-12-19(17)22/h2-6,8-9,11-12H,7,10,13H2,1H3,(H,25,27)/p+2. The molecule has 1 aromatic carbocycles. The highest BCUT2D eigenvalue weighted by atomic mass is 32.1. The Morgan fingerprint density at radius 2 is 2.04 bits per heavy atom. The molecule has 0 bridgehead atoms. The summed E-state index contributed by atoms with van der Waals surface area (Å²) in [6.07, 6.45) is 5.66. The lowest BCUT2D eigenvalue weighted by Gasteiger charge is -2.24. The molecule has 1 aliphatic rings. The van der Waals surface area contributed by atoms with Crippen molar-refractivity contribution in [3.63, 3.8) is 0 Å². The number of nitrogens with zero attached hydrogens (tertiary/aromatic N) is 1. The lowest BCUT2D eigenvalue weighted by atomic mass is 9.95. The zero-order valence-corrected chi connectivity index (χ0v) is 16.3. The fraction of sp³-hybridized carbons (Fsp3) is 0.190. The Morgan fingerprint density at radius 1 is 1.21 bits per heavy atom. The van der Waals surface area contributed by atoms with E-state index in [2.05, 4.69) is 27.1 Å². The maximum absolute atomic E-state index is 13.7. The van der Waals surface area contributed by atoms with Crippen molar-refractivity contribution in [2.24, 2.45) is 0 Å². The van der Waals surface area contributed by atoms with Gasteiger partial charge in [-0.05, 0) is 30.2 Å². The minimum absolute atomic E-state index is 0.0106. The molecule has 0 saturated heterocycles. The van der Waals surface area contributed by atoms with Crippen molar-refractivity contribution in [1.29, 1.82) is 0 Å². The van der Waals surface area contributed by atoms with Gasteiger partial charge in [0.05, 0.1) is 18.3 Å². The first kappa shape index (κ1) is 18.3. The first-order valence-electron chi connectivity index (χ1n) is 9.08. The average molecular weight is 396 g/mol. The lowest BCUT2D eigenvalue weighted by Crippen LogP contribution is -2.33. The zero-order chi connectivity index (χ0) is 19.5. The summed E-state index contributed by atoms with van der Waals surface area (Å²) in [6.45, 7) is 4.02. The van der Waals surface area contributed by atoms with E-state index in [-0.39, 0.29) is 5.56 Å². The predicted molar refractivity (Wildman–Crippen MR) is 108 cm³/mol. The fourth-order valence-corrected chi connectivity index (χ4v) is 4.03. The minimum Gasteiger partial charge on any atom is -0.322 e. The van der Waals surface area contributed by atoms with E-state index in [1.165, 1.54) is 23.4 Å². The Bertz CT molecular complexity index is 1020. The van der Waals surface area contributed by atoms with Crippen LogP contribution in [0.3, 0.4) is 0 Å². The summed E-state index contributed by atoms with van der Waals surface area (Å²) in [4.78, 5) is 20.5. The number of H-pyrrole nitrogens is 2. The summed E-state index contributed by atoms with van der Waals surface area (Å²) in [7, 11) is 0. The highest BCUT2D eigenvalue weighted by molar-refractivity contribution is 7.13.